The molecule has 2 amide bonds. The van der Waals surface area contributed by atoms with E-state index in [9.17, 15) is 9.59 Å². The van der Waals surface area contributed by atoms with Gasteiger partial charge < -0.3 is 38.6 Å². The van der Waals surface area contributed by atoms with Gasteiger partial charge in [-0.3, -0.25) is 14.7 Å². The summed E-state index contributed by atoms with van der Waals surface area (Å²) in [5.74, 6) is 8.48. The van der Waals surface area contributed by atoms with E-state index in [4.69, 9.17) is 34.8 Å². The number of carbonyl (C=O) groups is 2. The van der Waals surface area contributed by atoms with E-state index in [1.807, 2.05) is 30.3 Å². The summed E-state index contributed by atoms with van der Waals surface area (Å²) in [5.41, 5.74) is 2.24. The van der Waals surface area contributed by atoms with Crippen LogP contribution in [0.4, 0.5) is 5.69 Å². The van der Waals surface area contributed by atoms with Crippen molar-refractivity contribution >= 4 is 17.5 Å². The number of hydrogen-bond donors (Lipinski definition) is 2. The van der Waals surface area contributed by atoms with Crippen LogP contribution in [0.25, 0.3) is 0 Å². The van der Waals surface area contributed by atoms with Crippen LogP contribution in [0.5, 0.6) is 5.75 Å². The molecule has 13 nitrogen and oxygen atoms in total. The molecule has 0 saturated heterocycles. The highest BCUT2D eigenvalue weighted by molar-refractivity contribution is 6.02. The molecule has 3 aromatic rings. The average Bonchev–Trinajstić information content (AvgIpc) is 3.54. The summed E-state index contributed by atoms with van der Waals surface area (Å²) in [6.07, 6.45) is 4.93. The largest absolute Gasteiger partial charge is 0.486 e. The lowest BCUT2D eigenvalue weighted by molar-refractivity contribution is -0.121. The molecule has 0 spiro atoms. The van der Waals surface area contributed by atoms with Crippen molar-refractivity contribution < 1.29 is 38.0 Å². The third-order valence-electron chi connectivity index (χ3n) is 7.02. The summed E-state index contributed by atoms with van der Waals surface area (Å²) < 4.78 is 33.0. The first-order valence-electron chi connectivity index (χ1n) is 15.6. The molecule has 0 aliphatic carbocycles. The van der Waals surface area contributed by atoms with Crippen molar-refractivity contribution in [1.82, 2.24) is 20.5 Å². The third kappa shape index (κ3) is 11.5. The van der Waals surface area contributed by atoms with Crippen molar-refractivity contribution in [3.63, 3.8) is 0 Å². The summed E-state index contributed by atoms with van der Waals surface area (Å²) in [4.78, 5) is 32.2. The lowest BCUT2D eigenvalue weighted by atomic mass is 10.1. The van der Waals surface area contributed by atoms with Gasteiger partial charge in [0.15, 0.2) is 0 Å². The summed E-state index contributed by atoms with van der Waals surface area (Å²) >= 11 is 0. The quantitative estimate of drug-likeness (QED) is 0.154. The first-order valence-corrected chi connectivity index (χ1v) is 15.6. The van der Waals surface area contributed by atoms with Gasteiger partial charge in [-0.05, 0) is 30.7 Å². The fourth-order valence-electron chi connectivity index (χ4n) is 4.57. The second-order valence-electron chi connectivity index (χ2n) is 10.6. The number of benzene rings is 2. The normalized spacial score (nSPS) is 15.4. The van der Waals surface area contributed by atoms with E-state index in [1.165, 1.54) is 4.90 Å². The predicted molar refractivity (Wildman–Crippen MR) is 177 cm³/mol. The molecular weight excluding hydrogens is 618 g/mol. The minimum absolute atomic E-state index is 0.0531. The van der Waals surface area contributed by atoms with Crippen molar-refractivity contribution in [3.8, 4) is 29.9 Å². The van der Waals surface area contributed by atoms with Crippen LogP contribution in [-0.4, -0.2) is 112 Å². The molecule has 2 N–H and O–H groups in total. The van der Waals surface area contributed by atoms with Crippen molar-refractivity contribution in [1.29, 1.82) is 0 Å². The maximum atomic E-state index is 13.5. The number of aromatic nitrogens is 3. The first-order chi connectivity index (χ1) is 23.5. The van der Waals surface area contributed by atoms with Crippen LogP contribution in [0.3, 0.4) is 0 Å². The van der Waals surface area contributed by atoms with Crippen molar-refractivity contribution in [2.75, 3.05) is 78.0 Å². The second kappa shape index (κ2) is 19.8. The van der Waals surface area contributed by atoms with Crippen molar-refractivity contribution in [2.24, 2.45) is 0 Å². The molecule has 4 rings (SSSR count). The lowest BCUT2D eigenvalue weighted by Gasteiger charge is -2.23. The van der Waals surface area contributed by atoms with Gasteiger partial charge in [0.05, 0.1) is 58.5 Å². The zero-order valence-corrected chi connectivity index (χ0v) is 27.2. The zero-order valence-electron chi connectivity index (χ0n) is 27.2. The van der Waals surface area contributed by atoms with Gasteiger partial charge in [0.25, 0.3) is 11.8 Å². The van der Waals surface area contributed by atoms with Gasteiger partial charge >= 0.3 is 0 Å². The maximum Gasteiger partial charge on any atom is 0.291 e. The van der Waals surface area contributed by atoms with Crippen LogP contribution in [-0.2, 0) is 34.9 Å². The molecule has 0 fully saturated rings. The number of fused-ring (bicyclic) bond motifs is 1. The summed E-state index contributed by atoms with van der Waals surface area (Å²) in [6, 6.07) is 14.1. The summed E-state index contributed by atoms with van der Waals surface area (Å²) in [6.45, 7) is 5.82. The van der Waals surface area contributed by atoms with E-state index in [1.54, 1.807) is 32.2 Å². The predicted octanol–water partition coefficient (Wildman–Crippen LogP) is 2.01. The molecule has 2 atom stereocenters. The first kappa shape index (κ1) is 36.1. The number of rotatable bonds is 18. The Balaban J connectivity index is 1.16. The molecule has 1 aliphatic heterocycles. The number of carbonyl (C=O) groups excluding carboxylic acids is 2. The topological polar surface area (TPSA) is 146 Å². The molecule has 0 radical (unpaired) electrons. The SMILES string of the molecule is C#CCOCCOCCOCCOCCOCC#Cc1ccc2c(c1)N(C)C(=O)[C@@H](NC(=O)c1n[nH]c(Cc3ccccc3)n1)[C@@H](C)O2. The third-order valence-corrected chi connectivity index (χ3v) is 7.02. The molecule has 1 aliphatic rings. The molecule has 2 aromatic carbocycles. The highest BCUT2D eigenvalue weighted by atomic mass is 16.6. The van der Waals surface area contributed by atoms with Crippen LogP contribution in [0, 0.1) is 24.2 Å². The Morgan fingerprint density at radius 2 is 1.60 bits per heavy atom. The van der Waals surface area contributed by atoms with Gasteiger partial charge in [-0.2, -0.15) is 0 Å². The van der Waals surface area contributed by atoms with Gasteiger partial charge in [-0.25, -0.2) is 4.98 Å². The van der Waals surface area contributed by atoms with E-state index in [0.29, 0.717) is 82.1 Å². The number of ether oxygens (including phenoxy) is 6. The Hall–Kier alpha value is -4.76. The number of amides is 2. The zero-order chi connectivity index (χ0) is 34.0. The number of terminal acetylenes is 1. The second-order valence-corrected chi connectivity index (χ2v) is 10.6. The maximum absolute atomic E-state index is 13.5. The number of aromatic amines is 1. The minimum Gasteiger partial charge on any atom is -0.486 e. The van der Waals surface area contributed by atoms with E-state index < -0.39 is 18.1 Å². The van der Waals surface area contributed by atoms with E-state index in [2.05, 4.69) is 38.3 Å². The summed E-state index contributed by atoms with van der Waals surface area (Å²) in [5, 5.41) is 9.58. The molecule has 0 saturated carbocycles. The Morgan fingerprint density at radius 3 is 2.27 bits per heavy atom. The van der Waals surface area contributed by atoms with Gasteiger partial charge in [-0.1, -0.05) is 48.1 Å². The van der Waals surface area contributed by atoms with Crippen molar-refractivity contribution in [2.45, 2.75) is 25.5 Å². The number of H-pyrrole nitrogens is 1. The van der Waals surface area contributed by atoms with Crippen LogP contribution in [0.15, 0.2) is 48.5 Å². The van der Waals surface area contributed by atoms with Gasteiger partial charge in [0.1, 0.15) is 36.9 Å². The van der Waals surface area contributed by atoms with Gasteiger partial charge in [0, 0.05) is 19.0 Å². The Labute approximate surface area is 280 Å². The van der Waals surface area contributed by atoms with Crippen LogP contribution < -0.4 is 15.0 Å². The highest BCUT2D eigenvalue weighted by Crippen LogP contribution is 2.33. The highest BCUT2D eigenvalue weighted by Gasteiger charge is 2.36. The molecule has 0 unspecified atom stereocenters. The number of likely N-dealkylation sites (N-methyl/N-ethyl adjacent to an activating group) is 1. The average molecular weight is 660 g/mol. The standard InChI is InChI=1S/C35H41N5O8/c1-4-14-43-16-18-45-20-22-47-23-21-46-19-17-44-15-8-11-28-12-13-30-29(24-28)40(3)35(42)32(26(2)48-30)37-34(41)33-36-31(38-39-33)25-27-9-6-5-7-10-27/h1,5-7,9-10,12-13,24,26,32H,14-23,25H2,2-3H3,(H,37,41)(H,36,38,39)/t26-,32+/m1/s1. The fraction of sp³-hybridized carbons (Fsp3) is 0.429. The molecule has 2 heterocycles. The summed E-state index contributed by atoms with van der Waals surface area (Å²) in [7, 11) is 1.63. The van der Waals surface area contributed by atoms with E-state index in [0.717, 1.165) is 5.56 Å². The van der Waals surface area contributed by atoms with Gasteiger partial charge in [-0.15, -0.1) is 11.5 Å². The Bertz CT molecular complexity index is 1560. The minimum atomic E-state index is -0.966. The van der Waals surface area contributed by atoms with Crippen LogP contribution in [0.2, 0.25) is 0 Å². The molecule has 254 valence electrons. The monoisotopic (exact) mass is 659 g/mol. The molecular formula is C35H41N5O8. The van der Waals surface area contributed by atoms with E-state index >= 15 is 0 Å². The molecule has 1 aromatic heterocycles. The fourth-order valence-corrected chi connectivity index (χ4v) is 4.57. The lowest BCUT2D eigenvalue weighted by Crippen LogP contribution is -2.53. The van der Waals surface area contributed by atoms with Crippen LogP contribution >= 0.6 is 0 Å². The Kier molecular flexibility index (Phi) is 14.9. The smallest absolute Gasteiger partial charge is 0.291 e. The number of hydrogen-bond acceptors (Lipinski definition) is 10. The molecule has 0 bridgehead atoms. The van der Waals surface area contributed by atoms with Crippen LogP contribution in [0.1, 0.15) is 34.5 Å². The molecule has 13 heteroatoms. The van der Waals surface area contributed by atoms with E-state index in [-0.39, 0.29) is 24.9 Å². The number of nitrogens with one attached hydrogen (secondary N) is 2. The number of anilines is 1. The molecule has 48 heavy (non-hydrogen) atoms. The number of nitrogens with zero attached hydrogens (tertiary/aromatic N) is 3. The van der Waals surface area contributed by atoms with Gasteiger partial charge in [0.2, 0.25) is 5.82 Å². The Morgan fingerprint density at radius 1 is 0.958 bits per heavy atom. The van der Waals surface area contributed by atoms with Crippen molar-refractivity contribution in [3.05, 3.63) is 71.3 Å².